The summed E-state index contributed by atoms with van der Waals surface area (Å²) < 4.78 is 4.57. The Morgan fingerprint density at radius 3 is 2.65 bits per heavy atom. The Morgan fingerprint density at radius 1 is 1.31 bits per heavy atom. The molecule has 0 aliphatic carbocycles. The van der Waals surface area contributed by atoms with Gasteiger partial charge in [-0.15, -0.1) is 0 Å². The zero-order chi connectivity index (χ0) is 19.2. The van der Waals surface area contributed by atoms with Crippen LogP contribution in [0.2, 0.25) is 0 Å². The molecule has 0 amide bonds. The van der Waals surface area contributed by atoms with Crippen molar-refractivity contribution in [2.45, 2.75) is 16.8 Å². The van der Waals surface area contributed by atoms with Gasteiger partial charge in [-0.3, -0.25) is 5.43 Å². The van der Waals surface area contributed by atoms with Crippen molar-refractivity contribution in [1.82, 2.24) is 4.98 Å². The molecule has 3 N–H and O–H groups in total. The molecule has 2 aromatic heterocycles. The van der Waals surface area contributed by atoms with E-state index in [0.29, 0.717) is 10.9 Å². The number of halogens is 3. The molecule has 0 aliphatic rings. The van der Waals surface area contributed by atoms with Gasteiger partial charge in [-0.1, -0.05) is 58.3 Å². The molecule has 3 aromatic rings. The number of rotatable bonds is 4. The third kappa shape index (κ3) is 5.84. The zero-order valence-electron chi connectivity index (χ0n) is 13.6. The van der Waals surface area contributed by atoms with Gasteiger partial charge in [0.25, 0.3) is 0 Å². The second kappa shape index (κ2) is 9.55. The SMILES string of the molecule is CCO.OC(c1ccc(/C=N/Nc2nc3ccccc3s2)o1)C(Cl)(Cl)Cl. The number of aromatic nitrogens is 1. The van der Waals surface area contributed by atoms with Crippen LogP contribution < -0.4 is 5.43 Å². The molecular formula is C16H16Cl3N3O3S. The molecule has 0 radical (unpaired) electrons. The van der Waals surface area contributed by atoms with Gasteiger partial charge in [0, 0.05) is 6.61 Å². The average Bonchev–Trinajstić information content (AvgIpc) is 3.20. The number of nitrogens with one attached hydrogen (secondary N) is 1. The predicted octanol–water partition coefficient (Wildman–Crippen LogP) is 4.74. The van der Waals surface area contributed by atoms with Crippen LogP contribution in [0.4, 0.5) is 5.13 Å². The third-order valence-corrected chi connectivity index (χ3v) is 4.43. The number of hydrazone groups is 1. The minimum atomic E-state index is -1.86. The summed E-state index contributed by atoms with van der Waals surface area (Å²) in [6.45, 7) is 1.93. The number of hydrogen-bond donors (Lipinski definition) is 3. The molecule has 0 fully saturated rings. The van der Waals surface area contributed by atoms with Crippen LogP contribution in [0.15, 0.2) is 45.9 Å². The maximum atomic E-state index is 9.80. The normalized spacial score (nSPS) is 12.8. The lowest BCUT2D eigenvalue weighted by molar-refractivity contribution is 0.153. The van der Waals surface area contributed by atoms with E-state index in [-0.39, 0.29) is 12.4 Å². The average molecular weight is 437 g/mol. The fourth-order valence-electron chi connectivity index (χ4n) is 1.82. The van der Waals surface area contributed by atoms with Gasteiger partial charge in [-0.05, 0) is 31.2 Å². The van der Waals surface area contributed by atoms with Crippen molar-refractivity contribution in [3.05, 3.63) is 47.9 Å². The van der Waals surface area contributed by atoms with Gasteiger partial charge >= 0.3 is 0 Å². The van der Waals surface area contributed by atoms with Gasteiger partial charge in [0.15, 0.2) is 6.10 Å². The second-order valence-corrected chi connectivity index (χ2v) is 8.26. The summed E-state index contributed by atoms with van der Waals surface area (Å²) in [5.74, 6) is 0.549. The summed E-state index contributed by atoms with van der Waals surface area (Å²) in [4.78, 5) is 4.38. The molecule has 0 spiro atoms. The van der Waals surface area contributed by atoms with Crippen LogP contribution in [0.25, 0.3) is 10.2 Å². The Balaban J connectivity index is 0.000000758. The molecule has 0 saturated heterocycles. The number of fused-ring (bicyclic) bond motifs is 1. The van der Waals surface area contributed by atoms with Crippen LogP contribution in [0.3, 0.4) is 0 Å². The first-order valence-electron chi connectivity index (χ1n) is 7.45. The maximum absolute atomic E-state index is 9.80. The molecule has 1 atom stereocenters. The third-order valence-electron chi connectivity index (χ3n) is 2.87. The number of hydrogen-bond acceptors (Lipinski definition) is 7. The molecule has 10 heteroatoms. The monoisotopic (exact) mass is 435 g/mol. The van der Waals surface area contributed by atoms with E-state index in [9.17, 15) is 5.11 Å². The van der Waals surface area contributed by atoms with E-state index in [1.807, 2.05) is 24.3 Å². The number of para-hydroxylation sites is 1. The topological polar surface area (TPSA) is 90.9 Å². The highest BCUT2D eigenvalue weighted by Gasteiger charge is 2.34. The largest absolute Gasteiger partial charge is 0.457 e. The van der Waals surface area contributed by atoms with Crippen molar-refractivity contribution in [3.63, 3.8) is 0 Å². The van der Waals surface area contributed by atoms with Crippen molar-refractivity contribution in [3.8, 4) is 0 Å². The van der Waals surface area contributed by atoms with Gasteiger partial charge in [0.2, 0.25) is 8.92 Å². The summed E-state index contributed by atoms with van der Waals surface area (Å²) in [5, 5.41) is 22.1. The lowest BCUT2D eigenvalue weighted by Crippen LogP contribution is -2.15. The summed E-state index contributed by atoms with van der Waals surface area (Å²) >= 11 is 18.3. The van der Waals surface area contributed by atoms with Gasteiger partial charge in [-0.25, -0.2) is 4.98 Å². The quantitative estimate of drug-likeness (QED) is 0.312. The zero-order valence-corrected chi connectivity index (χ0v) is 16.6. The number of aliphatic hydroxyl groups excluding tert-OH is 2. The van der Waals surface area contributed by atoms with Crippen molar-refractivity contribution in [2.24, 2.45) is 5.10 Å². The van der Waals surface area contributed by atoms with E-state index in [1.165, 1.54) is 23.6 Å². The van der Waals surface area contributed by atoms with Crippen LogP contribution >= 0.6 is 46.1 Å². The van der Waals surface area contributed by atoms with Crippen LogP contribution in [-0.4, -0.2) is 31.8 Å². The van der Waals surface area contributed by atoms with E-state index in [4.69, 9.17) is 44.3 Å². The molecule has 26 heavy (non-hydrogen) atoms. The lowest BCUT2D eigenvalue weighted by atomic mass is 10.3. The van der Waals surface area contributed by atoms with Crippen molar-refractivity contribution < 1.29 is 14.6 Å². The first-order valence-corrected chi connectivity index (χ1v) is 9.40. The Labute approximate surface area is 169 Å². The lowest BCUT2D eigenvalue weighted by Gasteiger charge is -2.15. The summed E-state index contributed by atoms with van der Waals surface area (Å²) in [7, 11) is 0. The van der Waals surface area contributed by atoms with E-state index in [1.54, 1.807) is 13.0 Å². The molecule has 2 heterocycles. The Morgan fingerprint density at radius 2 is 2.00 bits per heavy atom. The number of anilines is 1. The van der Waals surface area contributed by atoms with E-state index in [0.717, 1.165) is 10.2 Å². The molecule has 3 rings (SSSR count). The van der Waals surface area contributed by atoms with Crippen LogP contribution in [0.5, 0.6) is 0 Å². The number of nitrogens with zero attached hydrogens (tertiary/aromatic N) is 2. The highest BCUT2D eigenvalue weighted by atomic mass is 35.6. The molecule has 1 unspecified atom stereocenters. The highest BCUT2D eigenvalue weighted by Crippen LogP contribution is 2.40. The molecule has 0 saturated carbocycles. The molecular weight excluding hydrogens is 421 g/mol. The Kier molecular flexibility index (Phi) is 7.69. The van der Waals surface area contributed by atoms with Crippen molar-refractivity contribution in [2.75, 3.05) is 12.0 Å². The van der Waals surface area contributed by atoms with E-state index < -0.39 is 9.90 Å². The van der Waals surface area contributed by atoms with E-state index >= 15 is 0 Å². The molecule has 140 valence electrons. The standard InChI is InChI=1S/C14H10Cl3N3O2S.C2H6O/c15-14(16,17)12(21)10-6-5-8(22-10)7-18-20-13-19-9-3-1-2-4-11(9)23-13;1-2-3/h1-7,12,21H,(H,19,20);3H,2H2,1H3/b18-7+;. The highest BCUT2D eigenvalue weighted by molar-refractivity contribution is 7.22. The second-order valence-electron chi connectivity index (χ2n) is 4.86. The minimum Gasteiger partial charge on any atom is -0.457 e. The predicted molar refractivity (Wildman–Crippen MR) is 108 cm³/mol. The first-order chi connectivity index (χ1) is 12.3. The Hall–Kier alpha value is -1.35. The summed E-state index contributed by atoms with van der Waals surface area (Å²) in [6.07, 6.45) is 0.0904. The van der Waals surface area contributed by atoms with Gasteiger partial charge < -0.3 is 14.6 Å². The van der Waals surface area contributed by atoms with Gasteiger partial charge in [-0.2, -0.15) is 5.10 Å². The van der Waals surface area contributed by atoms with Crippen LogP contribution in [0, 0.1) is 0 Å². The molecule has 0 bridgehead atoms. The number of benzene rings is 1. The maximum Gasteiger partial charge on any atom is 0.223 e. The van der Waals surface area contributed by atoms with Gasteiger partial charge in [0.05, 0.1) is 16.4 Å². The summed E-state index contributed by atoms with van der Waals surface area (Å²) in [5.41, 5.74) is 3.73. The Bertz CT molecular complexity index is 828. The fraction of sp³-hybridized carbons (Fsp3) is 0.250. The van der Waals surface area contributed by atoms with Crippen LogP contribution in [-0.2, 0) is 0 Å². The number of furan rings is 1. The van der Waals surface area contributed by atoms with Crippen molar-refractivity contribution in [1.29, 1.82) is 0 Å². The summed E-state index contributed by atoms with van der Waals surface area (Å²) in [6, 6.07) is 10.9. The van der Waals surface area contributed by atoms with Crippen LogP contribution in [0.1, 0.15) is 24.5 Å². The van der Waals surface area contributed by atoms with Crippen molar-refractivity contribution >= 4 is 67.7 Å². The fourth-order valence-corrected chi connectivity index (χ4v) is 2.96. The minimum absolute atomic E-state index is 0.145. The molecule has 0 aliphatic heterocycles. The first kappa shape index (κ1) is 21.0. The number of thiazole rings is 1. The van der Waals surface area contributed by atoms with Gasteiger partial charge in [0.1, 0.15) is 11.5 Å². The number of alkyl halides is 3. The number of aliphatic hydroxyl groups is 2. The van der Waals surface area contributed by atoms with E-state index in [2.05, 4.69) is 15.5 Å². The molecule has 1 aromatic carbocycles. The smallest absolute Gasteiger partial charge is 0.223 e. The molecule has 6 nitrogen and oxygen atoms in total.